The topological polar surface area (TPSA) is 399 Å². The first-order valence-corrected chi connectivity index (χ1v) is 32.1. The molecule has 5 heterocycles. The van der Waals surface area contributed by atoms with Crippen molar-refractivity contribution in [1.82, 2.24) is 31.1 Å². The maximum absolute atomic E-state index is 14.3. The molecule has 5 aliphatic heterocycles. The first kappa shape index (κ1) is 78.7. The smallest absolute Gasteiger partial charge is 0.411 e. The minimum atomic E-state index is -2.05. The number of amides is 6. The van der Waals surface area contributed by atoms with Crippen molar-refractivity contribution in [3.05, 3.63) is 0 Å². The van der Waals surface area contributed by atoms with Gasteiger partial charge in [-0.25, -0.2) is 28.8 Å². The SMILES string of the molecule is CC(=O)OC[C@H]1O[C@@H](O[C@@H]2[C@@H](OC(C)=O)[C@H](NC(=O)OC(C)(C)C)C[C@H](NC(=O)OC(C)(C)C)[C@H]2O[C@H]2O[C@H](CNC(=O)OC(C)(C)C)[C@@H](OC(C)=O)[C@H](OC(C)=O)[C@H]2NC(=O)OC(C)(C)C)[C@H](OC(C)=O)[C@@H]1O[C@H]1O[C@H]2CN(C(=O)OC(C)(C)C)[C@H]2[C@@H]2[C@H]1N2C(=O)OC(C)(C)C. The molecular weight excluding hydrogens is 1290 g/mol. The van der Waals surface area contributed by atoms with Gasteiger partial charge in [0.2, 0.25) is 0 Å². The van der Waals surface area contributed by atoms with Crippen LogP contribution in [0, 0.1) is 0 Å². The Balaban J connectivity index is 1.56. The molecule has 4 N–H and O–H groups in total. The molecular formula is C63H100N6O28. The summed E-state index contributed by atoms with van der Waals surface area (Å²) in [6.07, 6.45) is -28.3. The summed E-state index contributed by atoms with van der Waals surface area (Å²) in [5, 5.41) is 10.6. The van der Waals surface area contributed by atoms with Gasteiger partial charge in [-0.05, 0) is 131 Å². The van der Waals surface area contributed by atoms with E-state index >= 15 is 0 Å². The molecule has 0 unspecified atom stereocenters. The predicted molar refractivity (Wildman–Crippen MR) is 330 cm³/mol. The number of nitrogens with one attached hydrogen (secondary N) is 4. The van der Waals surface area contributed by atoms with Gasteiger partial charge in [-0.2, -0.15) is 0 Å². The van der Waals surface area contributed by atoms with E-state index in [2.05, 4.69) is 21.3 Å². The molecule has 0 aromatic heterocycles. The van der Waals surface area contributed by atoms with Gasteiger partial charge in [-0.15, -0.1) is 0 Å². The van der Waals surface area contributed by atoms with E-state index in [1.165, 1.54) is 9.80 Å². The molecule has 1 saturated carbocycles. The van der Waals surface area contributed by atoms with Crippen LogP contribution >= 0.6 is 0 Å². The highest BCUT2D eigenvalue weighted by molar-refractivity contribution is 5.76. The monoisotopic (exact) mass is 1390 g/mol. The second kappa shape index (κ2) is 30.5. The molecule has 0 bridgehead atoms. The van der Waals surface area contributed by atoms with Crippen LogP contribution in [-0.4, -0.2) is 246 Å². The van der Waals surface area contributed by atoms with Crippen molar-refractivity contribution in [1.29, 1.82) is 0 Å². The molecule has 6 fully saturated rings. The van der Waals surface area contributed by atoms with Crippen LogP contribution in [0.5, 0.6) is 0 Å². The van der Waals surface area contributed by atoms with Crippen molar-refractivity contribution in [2.75, 3.05) is 19.7 Å². The molecule has 6 rings (SSSR count). The average Bonchev–Trinajstić information content (AvgIpc) is 1.53. The zero-order valence-electron chi connectivity index (χ0n) is 59.6. The molecule has 19 atom stereocenters. The van der Waals surface area contributed by atoms with E-state index in [0.717, 1.165) is 34.6 Å². The molecule has 550 valence electrons. The van der Waals surface area contributed by atoms with Crippen molar-refractivity contribution in [2.24, 2.45) is 0 Å². The third kappa shape index (κ3) is 22.9. The van der Waals surface area contributed by atoms with Crippen molar-refractivity contribution in [3.63, 3.8) is 0 Å². The number of alkyl carbamates (subject to hydrolysis) is 4. The Morgan fingerprint density at radius 3 is 1.31 bits per heavy atom. The van der Waals surface area contributed by atoms with E-state index in [4.69, 9.17) is 80.5 Å². The average molecular weight is 1390 g/mol. The lowest BCUT2D eigenvalue weighted by Crippen LogP contribution is -2.71. The molecule has 5 saturated heterocycles. The first-order chi connectivity index (χ1) is 44.4. The lowest BCUT2D eigenvalue weighted by atomic mass is 9.83. The summed E-state index contributed by atoms with van der Waals surface area (Å²) >= 11 is 0. The molecule has 6 aliphatic rings. The van der Waals surface area contributed by atoms with Gasteiger partial charge >= 0.3 is 66.4 Å². The summed E-state index contributed by atoms with van der Waals surface area (Å²) in [7, 11) is 0. The van der Waals surface area contributed by atoms with Crippen LogP contribution in [-0.2, 0) is 104 Å². The number of nitrogens with zero attached hydrogens (tertiary/aromatic N) is 2. The van der Waals surface area contributed by atoms with Gasteiger partial charge in [0.1, 0.15) is 88.9 Å². The zero-order chi connectivity index (χ0) is 73.2. The van der Waals surface area contributed by atoms with Gasteiger partial charge in [0, 0.05) is 34.6 Å². The fourth-order valence-corrected chi connectivity index (χ4v) is 11.5. The predicted octanol–water partition coefficient (Wildman–Crippen LogP) is 4.82. The number of esters is 5. The number of likely N-dealkylation sites (tertiary alicyclic amines) is 1. The van der Waals surface area contributed by atoms with Crippen LogP contribution in [0.15, 0.2) is 0 Å². The van der Waals surface area contributed by atoms with Crippen LogP contribution < -0.4 is 21.3 Å². The van der Waals surface area contributed by atoms with Crippen LogP contribution in [0.3, 0.4) is 0 Å². The summed E-state index contributed by atoms with van der Waals surface area (Å²) in [6.45, 7) is 32.9. The van der Waals surface area contributed by atoms with Gasteiger partial charge in [0.25, 0.3) is 0 Å². The quantitative estimate of drug-likeness (QED) is 0.0861. The normalized spacial score (nSPS) is 30.9. The van der Waals surface area contributed by atoms with Crippen LogP contribution in [0.2, 0.25) is 0 Å². The molecule has 34 nitrogen and oxygen atoms in total. The highest BCUT2D eigenvalue weighted by atomic mass is 16.8. The van der Waals surface area contributed by atoms with Gasteiger partial charge in [-0.1, -0.05) is 0 Å². The van der Waals surface area contributed by atoms with Crippen molar-refractivity contribution in [3.8, 4) is 0 Å². The van der Waals surface area contributed by atoms with E-state index in [1.54, 1.807) is 125 Å². The van der Waals surface area contributed by atoms with Crippen molar-refractivity contribution < 1.29 is 133 Å². The standard InChI is InChI=1S/C63H100N6O28/c1-28(70)81-27-37-45(90-50-41-40(69(41)57(80)97-63(21,22)23)39-36(87-50)26-68(39)56(79)96-62(18,19)20)48(85-32(5)74)51(88-37)91-47-42(82-29(2)71)33(65-53(76)93-59(9,10)11)24-34(66-54(77)94-60(12,13)14)43(47)89-49-38(67-55(78)95-61(15,16)17)46(84-31(4)73)44(83-30(3)72)35(86-49)25-64-52(75)92-58(6,7)8/h33-51H,24-27H2,1-23H3,(H,64,75)(H,65,76)(H,66,77)(H,67,78)/t33-,34+,35-,36+,37-,38-,39-,40-,41-,42+,43-,44-,45-,46-,47-,48-,49-,50-,51+,69?/m1/s1. The van der Waals surface area contributed by atoms with Gasteiger partial charge in [-0.3, -0.25) is 33.8 Å². The summed E-state index contributed by atoms with van der Waals surface area (Å²) in [6, 6.07) is -7.43. The number of rotatable bonds is 17. The summed E-state index contributed by atoms with van der Waals surface area (Å²) < 4.78 is 104. The summed E-state index contributed by atoms with van der Waals surface area (Å²) in [5.41, 5.74) is -6.46. The Labute approximate surface area is 564 Å². The van der Waals surface area contributed by atoms with Crippen LogP contribution in [0.4, 0.5) is 28.8 Å². The molecule has 0 radical (unpaired) electrons. The number of carbonyl (C=O) groups is 11. The number of carbonyl (C=O) groups excluding carboxylic acids is 11. The molecule has 0 aromatic carbocycles. The summed E-state index contributed by atoms with van der Waals surface area (Å²) in [5.74, 6) is -4.73. The summed E-state index contributed by atoms with van der Waals surface area (Å²) in [4.78, 5) is 153. The van der Waals surface area contributed by atoms with E-state index < -0.39 is 236 Å². The lowest BCUT2D eigenvalue weighted by molar-refractivity contribution is -0.313. The van der Waals surface area contributed by atoms with E-state index in [9.17, 15) is 52.7 Å². The minimum absolute atomic E-state index is 0.0224. The number of hydrogen-bond acceptors (Lipinski definition) is 28. The molecule has 0 spiro atoms. The number of fused-ring (bicyclic) bond motifs is 3. The Morgan fingerprint density at radius 1 is 0.392 bits per heavy atom. The molecule has 6 amide bonds. The van der Waals surface area contributed by atoms with Gasteiger partial charge < -0.3 is 102 Å². The van der Waals surface area contributed by atoms with E-state index in [1.807, 2.05) is 0 Å². The number of ether oxygens (including phenoxy) is 17. The minimum Gasteiger partial charge on any atom is -0.463 e. The largest absolute Gasteiger partial charge is 0.463 e. The zero-order valence-corrected chi connectivity index (χ0v) is 59.6. The number of hydrogen-bond donors (Lipinski definition) is 4. The Bertz CT molecular complexity index is 2890. The van der Waals surface area contributed by atoms with Crippen molar-refractivity contribution in [2.45, 2.75) is 315 Å². The highest BCUT2D eigenvalue weighted by Crippen LogP contribution is 2.50. The van der Waals surface area contributed by atoms with Crippen molar-refractivity contribution >= 4 is 66.4 Å². The third-order valence-corrected chi connectivity index (χ3v) is 14.5. The second-order valence-corrected chi connectivity index (χ2v) is 30.3. The molecule has 97 heavy (non-hydrogen) atoms. The Kier molecular flexibility index (Phi) is 24.7. The Morgan fingerprint density at radius 2 is 0.814 bits per heavy atom. The highest BCUT2D eigenvalue weighted by Gasteiger charge is 2.72. The third-order valence-electron chi connectivity index (χ3n) is 14.5. The molecule has 1 aliphatic carbocycles. The lowest BCUT2D eigenvalue weighted by Gasteiger charge is -2.50. The van der Waals surface area contributed by atoms with Crippen LogP contribution in [0.1, 0.15) is 166 Å². The maximum Gasteiger partial charge on any atom is 0.411 e. The van der Waals surface area contributed by atoms with Crippen LogP contribution in [0.25, 0.3) is 0 Å². The Hall–Kier alpha value is -7.27. The van der Waals surface area contributed by atoms with Gasteiger partial charge in [0.05, 0.1) is 37.3 Å². The first-order valence-electron chi connectivity index (χ1n) is 32.1. The molecule has 34 heteroatoms. The van der Waals surface area contributed by atoms with E-state index in [-0.39, 0.29) is 6.54 Å². The fraction of sp³-hybridized carbons (Fsp3) is 0.825. The van der Waals surface area contributed by atoms with E-state index in [0.29, 0.717) is 0 Å². The second-order valence-electron chi connectivity index (χ2n) is 30.3. The molecule has 0 aromatic rings. The maximum atomic E-state index is 14.3. The fourth-order valence-electron chi connectivity index (χ4n) is 11.5. The van der Waals surface area contributed by atoms with Gasteiger partial charge in [0.15, 0.2) is 43.3 Å².